The summed E-state index contributed by atoms with van der Waals surface area (Å²) < 4.78 is 11.2. The van der Waals surface area contributed by atoms with Gasteiger partial charge in [-0.25, -0.2) is 0 Å². The van der Waals surface area contributed by atoms with Crippen molar-refractivity contribution in [3.63, 3.8) is 0 Å². The summed E-state index contributed by atoms with van der Waals surface area (Å²) in [7, 11) is 0. The summed E-state index contributed by atoms with van der Waals surface area (Å²) in [6, 6.07) is 7.99. The van der Waals surface area contributed by atoms with E-state index in [0.717, 1.165) is 24.2 Å². The van der Waals surface area contributed by atoms with Crippen molar-refractivity contribution in [1.82, 2.24) is 5.32 Å². The van der Waals surface area contributed by atoms with E-state index in [4.69, 9.17) is 20.9 Å². The molecule has 3 unspecified atom stereocenters. The van der Waals surface area contributed by atoms with Crippen LogP contribution in [0.3, 0.4) is 0 Å². The lowest BCUT2D eigenvalue weighted by atomic mass is 10.0. The Balaban J connectivity index is 1.56. The van der Waals surface area contributed by atoms with E-state index in [9.17, 15) is 4.79 Å². The Bertz CT molecular complexity index is 605. The summed E-state index contributed by atoms with van der Waals surface area (Å²) in [5.74, 6) is 0.840. The first-order valence-corrected chi connectivity index (χ1v) is 7.86. The Morgan fingerprint density at radius 1 is 1.26 bits per heavy atom. The fraction of sp³-hybridized carbons (Fsp3) is 0.500. The van der Waals surface area contributed by atoms with Crippen LogP contribution in [0.25, 0.3) is 0 Å². The fourth-order valence-electron chi connectivity index (χ4n) is 2.97. The Morgan fingerprint density at radius 2 is 2.09 bits per heavy atom. The Hall–Kier alpha value is -2.28. The Labute approximate surface area is 135 Å². The van der Waals surface area contributed by atoms with Crippen molar-refractivity contribution >= 4 is 11.9 Å². The summed E-state index contributed by atoms with van der Waals surface area (Å²) in [6.45, 7) is 1.07. The van der Waals surface area contributed by atoms with E-state index in [-0.39, 0.29) is 12.1 Å². The van der Waals surface area contributed by atoms with Gasteiger partial charge in [-0.3, -0.25) is 9.79 Å². The normalized spacial score (nSPS) is 27.1. The molecule has 0 aromatic heterocycles. The van der Waals surface area contributed by atoms with Gasteiger partial charge in [0, 0.05) is 12.0 Å². The largest absolute Gasteiger partial charge is 0.493 e. The zero-order chi connectivity index (χ0) is 16.2. The maximum Gasteiger partial charge on any atom is 0.246 e. The molecule has 2 aliphatic rings. The highest BCUT2D eigenvalue weighted by Gasteiger charge is 2.29. The Morgan fingerprint density at radius 3 is 2.87 bits per heavy atom. The molecule has 124 valence electrons. The second-order valence-corrected chi connectivity index (χ2v) is 5.82. The molecule has 1 fully saturated rings. The van der Waals surface area contributed by atoms with Crippen molar-refractivity contribution in [2.75, 3.05) is 13.2 Å². The lowest BCUT2D eigenvalue weighted by Gasteiger charge is -2.27. The van der Waals surface area contributed by atoms with Crippen LogP contribution in [-0.4, -0.2) is 37.2 Å². The first-order valence-electron chi connectivity index (χ1n) is 7.86. The van der Waals surface area contributed by atoms with Crippen molar-refractivity contribution in [2.24, 2.45) is 16.5 Å². The molecular weight excluding hydrogens is 296 g/mol. The van der Waals surface area contributed by atoms with E-state index >= 15 is 0 Å². The van der Waals surface area contributed by atoms with E-state index in [0.29, 0.717) is 25.5 Å². The molecule has 7 nitrogen and oxygen atoms in total. The number of carbonyl (C=O) groups is 1. The maximum absolute atomic E-state index is 11.1. The SMILES string of the molecule is NC(=O)C1CCC(CN=C(N)NC2CCOc3ccccc32)O1. The zero-order valence-electron chi connectivity index (χ0n) is 12.9. The van der Waals surface area contributed by atoms with Crippen molar-refractivity contribution in [3.8, 4) is 5.75 Å². The second-order valence-electron chi connectivity index (χ2n) is 5.82. The summed E-state index contributed by atoms with van der Waals surface area (Å²) in [6.07, 6.45) is 1.65. The number of fused-ring (bicyclic) bond motifs is 1. The second kappa shape index (κ2) is 6.87. The standard InChI is InChI=1S/C16H22N4O3/c17-15(21)14-6-5-10(23-14)9-19-16(18)20-12-7-8-22-13-4-2-1-3-11(12)13/h1-4,10,12,14H,5-9H2,(H2,17,21)(H3,18,19,20). The molecule has 1 amide bonds. The zero-order valence-corrected chi connectivity index (χ0v) is 12.9. The minimum absolute atomic E-state index is 0.0894. The van der Waals surface area contributed by atoms with Gasteiger partial charge in [0.15, 0.2) is 5.96 Å². The summed E-state index contributed by atoms with van der Waals surface area (Å²) in [5.41, 5.74) is 12.3. The van der Waals surface area contributed by atoms with Crippen LogP contribution in [0.5, 0.6) is 5.75 Å². The molecule has 3 atom stereocenters. The number of amides is 1. The van der Waals surface area contributed by atoms with E-state index in [2.05, 4.69) is 10.3 Å². The summed E-state index contributed by atoms with van der Waals surface area (Å²) >= 11 is 0. The first-order chi connectivity index (χ1) is 11.1. The predicted molar refractivity (Wildman–Crippen MR) is 86.0 cm³/mol. The number of para-hydroxylation sites is 1. The van der Waals surface area contributed by atoms with Gasteiger partial charge in [0.1, 0.15) is 11.9 Å². The highest BCUT2D eigenvalue weighted by molar-refractivity contribution is 5.79. The van der Waals surface area contributed by atoms with Crippen molar-refractivity contribution in [2.45, 2.75) is 37.5 Å². The first kappa shape index (κ1) is 15.6. The number of ether oxygens (including phenoxy) is 2. The van der Waals surface area contributed by atoms with Crippen LogP contribution in [0.1, 0.15) is 30.9 Å². The van der Waals surface area contributed by atoms with Gasteiger partial charge in [-0.2, -0.15) is 0 Å². The molecule has 7 heteroatoms. The van der Waals surface area contributed by atoms with Gasteiger partial charge in [0.2, 0.25) is 5.91 Å². The highest BCUT2D eigenvalue weighted by atomic mass is 16.5. The van der Waals surface area contributed by atoms with Gasteiger partial charge in [-0.05, 0) is 18.9 Å². The topological polar surface area (TPSA) is 112 Å². The number of hydrogen-bond acceptors (Lipinski definition) is 4. The van der Waals surface area contributed by atoms with Crippen molar-refractivity contribution in [1.29, 1.82) is 0 Å². The van der Waals surface area contributed by atoms with Crippen LogP contribution in [0, 0.1) is 0 Å². The monoisotopic (exact) mass is 318 g/mol. The van der Waals surface area contributed by atoms with Crippen LogP contribution in [0.2, 0.25) is 0 Å². The van der Waals surface area contributed by atoms with Gasteiger partial charge in [0.25, 0.3) is 0 Å². The molecule has 5 N–H and O–H groups in total. The molecule has 0 bridgehead atoms. The molecule has 2 aliphatic heterocycles. The number of benzene rings is 1. The Kier molecular flexibility index (Phi) is 4.66. The third kappa shape index (κ3) is 3.73. The van der Waals surface area contributed by atoms with Gasteiger partial charge >= 0.3 is 0 Å². The molecule has 1 aromatic carbocycles. The van der Waals surface area contributed by atoms with Gasteiger partial charge in [-0.1, -0.05) is 18.2 Å². The number of rotatable bonds is 4. The maximum atomic E-state index is 11.1. The quantitative estimate of drug-likeness (QED) is 0.551. The van der Waals surface area contributed by atoms with E-state index in [1.165, 1.54) is 0 Å². The molecular formula is C16H22N4O3. The van der Waals surface area contributed by atoms with Crippen LogP contribution in [0.15, 0.2) is 29.3 Å². The van der Waals surface area contributed by atoms with E-state index in [1.807, 2.05) is 24.3 Å². The van der Waals surface area contributed by atoms with Crippen molar-refractivity contribution in [3.05, 3.63) is 29.8 Å². The minimum atomic E-state index is -0.494. The van der Waals surface area contributed by atoms with Crippen LogP contribution in [-0.2, 0) is 9.53 Å². The van der Waals surface area contributed by atoms with E-state index in [1.54, 1.807) is 0 Å². The molecule has 1 saturated heterocycles. The number of nitrogens with zero attached hydrogens (tertiary/aromatic N) is 1. The number of nitrogens with two attached hydrogens (primary N) is 2. The smallest absolute Gasteiger partial charge is 0.246 e. The number of carbonyl (C=O) groups excluding carboxylic acids is 1. The van der Waals surface area contributed by atoms with Gasteiger partial charge in [-0.15, -0.1) is 0 Å². The molecule has 3 rings (SSSR count). The highest BCUT2D eigenvalue weighted by Crippen LogP contribution is 2.31. The fourth-order valence-corrected chi connectivity index (χ4v) is 2.97. The number of aliphatic imine (C=N–C) groups is 1. The molecule has 0 spiro atoms. The molecule has 0 radical (unpaired) electrons. The third-order valence-corrected chi connectivity index (χ3v) is 4.17. The minimum Gasteiger partial charge on any atom is -0.493 e. The third-order valence-electron chi connectivity index (χ3n) is 4.17. The lowest BCUT2D eigenvalue weighted by molar-refractivity contribution is -0.128. The van der Waals surface area contributed by atoms with Gasteiger partial charge in [0.05, 0.1) is 25.3 Å². The van der Waals surface area contributed by atoms with Crippen LogP contribution < -0.4 is 21.5 Å². The predicted octanol–water partition coefficient (Wildman–Crippen LogP) is 0.447. The molecule has 2 heterocycles. The lowest BCUT2D eigenvalue weighted by Crippen LogP contribution is -2.38. The van der Waals surface area contributed by atoms with Crippen molar-refractivity contribution < 1.29 is 14.3 Å². The van der Waals surface area contributed by atoms with Crippen LogP contribution in [0.4, 0.5) is 0 Å². The summed E-state index contributed by atoms with van der Waals surface area (Å²) in [4.78, 5) is 15.4. The van der Waals surface area contributed by atoms with Crippen LogP contribution >= 0.6 is 0 Å². The molecule has 1 aromatic rings. The number of hydrogen-bond donors (Lipinski definition) is 3. The molecule has 23 heavy (non-hydrogen) atoms. The van der Waals surface area contributed by atoms with Gasteiger partial charge < -0.3 is 26.3 Å². The number of primary amides is 1. The number of guanidine groups is 1. The molecule has 0 saturated carbocycles. The van der Waals surface area contributed by atoms with E-state index < -0.39 is 12.0 Å². The average molecular weight is 318 g/mol. The average Bonchev–Trinajstić information content (AvgIpc) is 3.03. The molecule has 0 aliphatic carbocycles. The summed E-state index contributed by atoms with van der Waals surface area (Å²) in [5, 5.41) is 3.23. The number of nitrogens with one attached hydrogen (secondary N) is 1.